The molecule has 0 spiro atoms. The summed E-state index contributed by atoms with van der Waals surface area (Å²) in [6.45, 7) is 5.59. The number of aryl methyl sites for hydroxylation is 1. The highest BCUT2D eigenvalue weighted by Gasteiger charge is 2.59. The number of unbranched alkanes of at least 4 members (excludes halogenated alkanes) is 1. The Bertz CT molecular complexity index is 1900. The predicted octanol–water partition coefficient (Wildman–Crippen LogP) is 1.36. The van der Waals surface area contributed by atoms with Crippen LogP contribution in [0.2, 0.25) is 0 Å². The third-order valence-electron chi connectivity index (χ3n) is 12.5. The lowest BCUT2D eigenvalue weighted by Crippen LogP contribution is -2.62. The minimum absolute atomic E-state index is 0.139. The molecule has 1 aliphatic heterocycles. The van der Waals surface area contributed by atoms with Gasteiger partial charge in [0, 0.05) is 25.3 Å². The zero-order valence-corrected chi connectivity index (χ0v) is 29.5. The average Bonchev–Trinajstić information content (AvgIpc) is 3.39. The molecule has 282 valence electrons. The van der Waals surface area contributed by atoms with Crippen LogP contribution in [-0.2, 0) is 20.7 Å². The number of aromatic nitrogens is 2. The second kappa shape index (κ2) is 14.6. The van der Waals surface area contributed by atoms with Gasteiger partial charge in [0.1, 0.15) is 24.1 Å². The summed E-state index contributed by atoms with van der Waals surface area (Å²) in [5.41, 5.74) is 2.05. The molecule has 4 aliphatic rings. The first-order valence-electron chi connectivity index (χ1n) is 18.5. The third kappa shape index (κ3) is 6.54. The summed E-state index contributed by atoms with van der Waals surface area (Å²) in [6, 6.07) is 10.7. The Morgan fingerprint density at radius 3 is 2.54 bits per heavy atom. The van der Waals surface area contributed by atoms with Crippen molar-refractivity contribution in [1.29, 1.82) is 0 Å². The van der Waals surface area contributed by atoms with Crippen molar-refractivity contribution in [3.05, 3.63) is 68.2 Å². The highest BCUT2D eigenvalue weighted by molar-refractivity contribution is 5.84. The number of amides is 1. The molecular weight excluding hydrogens is 672 g/mol. The molecule has 14 nitrogen and oxygen atoms in total. The van der Waals surface area contributed by atoms with Crippen molar-refractivity contribution in [1.82, 2.24) is 15.5 Å². The van der Waals surface area contributed by atoms with Gasteiger partial charge in [-0.3, -0.25) is 24.6 Å². The number of rotatable bonds is 10. The van der Waals surface area contributed by atoms with E-state index < -0.39 is 54.2 Å². The number of anilines is 1. The quantitative estimate of drug-likeness (QED) is 0.140. The van der Waals surface area contributed by atoms with Crippen molar-refractivity contribution >= 4 is 22.4 Å². The van der Waals surface area contributed by atoms with Crippen LogP contribution >= 0.6 is 0 Å². The third-order valence-corrected chi connectivity index (χ3v) is 12.5. The van der Waals surface area contributed by atoms with Gasteiger partial charge in [-0.15, -0.1) is 0 Å². The number of aromatic amines is 2. The van der Waals surface area contributed by atoms with Crippen LogP contribution in [-0.4, -0.2) is 104 Å². The van der Waals surface area contributed by atoms with E-state index in [1.54, 1.807) is 24.3 Å². The second-order valence-electron chi connectivity index (χ2n) is 15.3. The predicted molar refractivity (Wildman–Crippen MR) is 191 cm³/mol. The lowest BCUT2D eigenvalue weighted by atomic mass is 9.55. The number of carbonyl (C=O) groups excluding carboxylic acids is 1. The fraction of sp³-hybridized carbons (Fsp3) is 0.605. The van der Waals surface area contributed by atoms with E-state index in [9.17, 15) is 39.9 Å². The number of hydrogen-bond donors (Lipinski definition) is 8. The van der Waals surface area contributed by atoms with E-state index in [4.69, 9.17) is 9.47 Å². The Balaban J connectivity index is 0.939. The molecule has 3 unspecified atom stereocenters. The second-order valence-corrected chi connectivity index (χ2v) is 15.3. The zero-order chi connectivity index (χ0) is 36.9. The molecule has 1 aromatic heterocycles. The molecule has 52 heavy (non-hydrogen) atoms. The van der Waals surface area contributed by atoms with E-state index in [0.717, 1.165) is 31.4 Å². The van der Waals surface area contributed by atoms with Gasteiger partial charge < -0.3 is 45.2 Å². The lowest BCUT2D eigenvalue weighted by Gasteiger charge is -2.49. The minimum Gasteiger partial charge on any atom is -0.508 e. The topological polar surface area (TPSA) is 218 Å². The SMILES string of the molecule is CCN(CCCCNC(=O)[C@H]1O[C@@H](O[C@H]2CC3C4CCc5cc(O)ccc5C4CC[C@]3(C)[C@@H]2O)[C@H](O)[C@@H](O)[C@@H]1O)c1ccc2c(=O)[nH][nH]c(=O)c2c1. The van der Waals surface area contributed by atoms with Gasteiger partial charge in [-0.2, -0.15) is 0 Å². The van der Waals surface area contributed by atoms with Crippen LogP contribution in [0.25, 0.3) is 10.8 Å². The summed E-state index contributed by atoms with van der Waals surface area (Å²) >= 11 is 0. The van der Waals surface area contributed by atoms with E-state index in [2.05, 4.69) is 27.3 Å². The Morgan fingerprint density at radius 2 is 1.77 bits per heavy atom. The van der Waals surface area contributed by atoms with E-state index in [-0.39, 0.29) is 29.3 Å². The Hall–Kier alpha value is -3.79. The van der Waals surface area contributed by atoms with Gasteiger partial charge in [0.2, 0.25) is 0 Å². The van der Waals surface area contributed by atoms with Crippen molar-refractivity contribution in [3.8, 4) is 5.75 Å². The fourth-order valence-corrected chi connectivity index (χ4v) is 9.58. The number of phenols is 1. The molecular formula is C38H50N4O10. The van der Waals surface area contributed by atoms with Crippen molar-refractivity contribution in [3.63, 3.8) is 0 Å². The molecule has 1 amide bonds. The van der Waals surface area contributed by atoms with Crippen LogP contribution in [0, 0.1) is 17.3 Å². The van der Waals surface area contributed by atoms with Gasteiger partial charge in [0.15, 0.2) is 12.4 Å². The molecule has 2 saturated carbocycles. The number of aliphatic hydroxyl groups is 4. The van der Waals surface area contributed by atoms with Gasteiger partial charge in [-0.25, -0.2) is 0 Å². The normalized spacial score (nSPS) is 34.0. The summed E-state index contributed by atoms with van der Waals surface area (Å²) < 4.78 is 12.0. The van der Waals surface area contributed by atoms with Crippen molar-refractivity contribution in [2.45, 2.75) is 108 Å². The number of fused-ring (bicyclic) bond motifs is 6. The molecule has 8 N–H and O–H groups in total. The first kappa shape index (κ1) is 36.6. The molecule has 3 aromatic rings. The zero-order valence-electron chi connectivity index (χ0n) is 29.5. The number of phenolic OH excluding ortho intramolecular Hbond substituents is 1. The van der Waals surface area contributed by atoms with Crippen molar-refractivity contribution < 1.29 is 39.8 Å². The van der Waals surface area contributed by atoms with Gasteiger partial charge >= 0.3 is 0 Å². The van der Waals surface area contributed by atoms with Gasteiger partial charge in [-0.1, -0.05) is 13.0 Å². The monoisotopic (exact) mass is 722 g/mol. The summed E-state index contributed by atoms with van der Waals surface area (Å²) in [6.07, 6.45) is -4.29. The van der Waals surface area contributed by atoms with Crippen LogP contribution in [0.15, 0.2) is 46.0 Å². The standard InChI is InChI=1S/C38H50N4O10/c1-3-42(20-7-10-25-26(17-20)35(49)41-40-34(25)48)15-5-4-14-39-36(50)32-30(45)29(44)31(46)37(52-32)51-28-18-27-24-9-6-19-16-21(43)8-11-22(19)23(24)12-13-38(27,2)33(28)47/h7-8,10-11,16-17,23-24,27-33,37,43-47H,3-6,9,12-15,18H2,1-2H3,(H,39,50)(H,40,48)(H,41,49)/t23?,24?,27?,28-,29-,30-,31+,32-,33+,37+,38-/m0/s1. The molecule has 7 rings (SSSR count). The number of aliphatic hydroxyl groups excluding tert-OH is 4. The first-order valence-corrected chi connectivity index (χ1v) is 18.5. The molecule has 2 aromatic carbocycles. The Morgan fingerprint density at radius 1 is 1.00 bits per heavy atom. The number of H-pyrrole nitrogens is 2. The molecule has 3 aliphatic carbocycles. The van der Waals surface area contributed by atoms with E-state index in [1.807, 2.05) is 19.1 Å². The van der Waals surface area contributed by atoms with E-state index >= 15 is 0 Å². The number of nitrogens with one attached hydrogen (secondary N) is 3. The Kier molecular flexibility index (Phi) is 10.2. The van der Waals surface area contributed by atoms with E-state index in [0.29, 0.717) is 55.0 Å². The maximum absolute atomic E-state index is 13.2. The van der Waals surface area contributed by atoms with Gasteiger partial charge in [-0.05, 0) is 116 Å². The number of hydrogen-bond acceptors (Lipinski definition) is 11. The highest BCUT2D eigenvalue weighted by atomic mass is 16.7. The summed E-state index contributed by atoms with van der Waals surface area (Å²) in [4.78, 5) is 39.6. The summed E-state index contributed by atoms with van der Waals surface area (Å²) in [5, 5.41) is 62.0. The van der Waals surface area contributed by atoms with Crippen LogP contribution < -0.4 is 21.3 Å². The van der Waals surface area contributed by atoms with E-state index in [1.165, 1.54) is 11.1 Å². The minimum atomic E-state index is -1.70. The molecule has 2 heterocycles. The average molecular weight is 723 g/mol. The molecule has 14 heteroatoms. The Labute approximate surface area is 300 Å². The highest BCUT2D eigenvalue weighted by Crippen LogP contribution is 2.61. The van der Waals surface area contributed by atoms with Crippen LogP contribution in [0.5, 0.6) is 5.75 Å². The number of benzene rings is 2. The molecule has 1 saturated heterocycles. The largest absolute Gasteiger partial charge is 0.508 e. The number of ether oxygens (including phenoxy) is 2. The number of nitrogens with zero attached hydrogens (tertiary/aromatic N) is 1. The molecule has 3 fully saturated rings. The van der Waals surface area contributed by atoms with Gasteiger partial charge in [0.05, 0.1) is 23.0 Å². The number of carbonyl (C=O) groups is 1. The molecule has 0 bridgehead atoms. The van der Waals surface area contributed by atoms with Crippen LogP contribution in [0.1, 0.15) is 69.4 Å². The molecule has 11 atom stereocenters. The fourth-order valence-electron chi connectivity index (χ4n) is 9.58. The van der Waals surface area contributed by atoms with Crippen molar-refractivity contribution in [2.24, 2.45) is 17.3 Å². The van der Waals surface area contributed by atoms with Crippen LogP contribution in [0.3, 0.4) is 0 Å². The molecule has 0 radical (unpaired) electrons. The smallest absolute Gasteiger partial charge is 0.270 e. The van der Waals surface area contributed by atoms with Crippen molar-refractivity contribution in [2.75, 3.05) is 24.5 Å². The summed E-state index contributed by atoms with van der Waals surface area (Å²) in [5.74, 6) is 0.387. The van der Waals surface area contributed by atoms with Gasteiger partial charge in [0.25, 0.3) is 17.0 Å². The number of aromatic hydroxyl groups is 1. The summed E-state index contributed by atoms with van der Waals surface area (Å²) in [7, 11) is 0. The maximum Gasteiger partial charge on any atom is 0.270 e. The van der Waals surface area contributed by atoms with Crippen LogP contribution in [0.4, 0.5) is 5.69 Å². The first-order chi connectivity index (χ1) is 24.9. The maximum atomic E-state index is 13.2. The lowest BCUT2D eigenvalue weighted by molar-refractivity contribution is -0.307.